The van der Waals surface area contributed by atoms with Gasteiger partial charge in [0.15, 0.2) is 0 Å². The van der Waals surface area contributed by atoms with Gasteiger partial charge in [-0.25, -0.2) is 8.51 Å². The van der Waals surface area contributed by atoms with Crippen molar-refractivity contribution in [3.63, 3.8) is 0 Å². The monoisotopic (exact) mass is 165 g/mol. The van der Waals surface area contributed by atoms with Gasteiger partial charge in [0.25, 0.3) is 0 Å². The van der Waals surface area contributed by atoms with E-state index in [0.717, 1.165) is 0 Å². The highest BCUT2D eigenvalue weighted by atomic mass is 32.2. The molecule has 62 valence electrons. The van der Waals surface area contributed by atoms with Gasteiger partial charge in [-0.1, -0.05) is 20.8 Å². The molecule has 10 heavy (non-hydrogen) atoms. The van der Waals surface area contributed by atoms with Crippen molar-refractivity contribution in [2.75, 3.05) is 13.1 Å². The molecule has 0 aromatic heterocycles. The largest absolute Gasteiger partial charge is 0.294 e. The highest BCUT2D eigenvalue weighted by molar-refractivity contribution is 7.76. The highest BCUT2D eigenvalue weighted by Gasteiger charge is 2.08. The molecule has 4 heteroatoms. The molecule has 0 aliphatic rings. The lowest BCUT2D eigenvalue weighted by Crippen LogP contribution is -2.29. The molecule has 0 spiro atoms. The van der Waals surface area contributed by atoms with E-state index in [1.54, 1.807) is 0 Å². The van der Waals surface area contributed by atoms with Crippen molar-refractivity contribution < 1.29 is 8.76 Å². The lowest BCUT2D eigenvalue weighted by molar-refractivity contribution is 0.370. The lowest BCUT2D eigenvalue weighted by Gasteiger charge is -2.16. The Labute approximate surface area is 64.8 Å². The maximum absolute atomic E-state index is 10.5. The SMILES string of the molecule is CCN(CC(C)C)S(=O)O. The summed E-state index contributed by atoms with van der Waals surface area (Å²) in [4.78, 5) is 0. The Bertz CT molecular complexity index is 116. The second kappa shape index (κ2) is 4.82. The first-order valence-electron chi connectivity index (χ1n) is 3.43. The number of rotatable bonds is 4. The van der Waals surface area contributed by atoms with E-state index in [0.29, 0.717) is 19.0 Å². The van der Waals surface area contributed by atoms with Gasteiger partial charge in [0.05, 0.1) is 0 Å². The Morgan fingerprint density at radius 1 is 1.60 bits per heavy atom. The number of hydrogen-bond acceptors (Lipinski definition) is 1. The summed E-state index contributed by atoms with van der Waals surface area (Å²) < 4.78 is 20.7. The highest BCUT2D eigenvalue weighted by Crippen LogP contribution is 1.99. The standard InChI is InChI=1S/C6H15NO2S/c1-4-7(10(8)9)5-6(2)3/h6H,4-5H2,1-3H3,(H,8,9). The van der Waals surface area contributed by atoms with Gasteiger partial charge in [-0.3, -0.25) is 4.55 Å². The average molecular weight is 165 g/mol. The Morgan fingerprint density at radius 2 is 2.10 bits per heavy atom. The van der Waals surface area contributed by atoms with E-state index in [1.165, 1.54) is 4.31 Å². The summed E-state index contributed by atoms with van der Waals surface area (Å²) in [6.07, 6.45) is 0. The summed E-state index contributed by atoms with van der Waals surface area (Å²) in [6, 6.07) is 0. The van der Waals surface area contributed by atoms with Gasteiger partial charge in [-0.2, -0.15) is 0 Å². The fourth-order valence-corrected chi connectivity index (χ4v) is 1.36. The second-order valence-corrected chi connectivity index (χ2v) is 3.58. The minimum Gasteiger partial charge on any atom is -0.294 e. The fourth-order valence-electron chi connectivity index (χ4n) is 0.711. The number of nitrogens with zero attached hydrogens (tertiary/aromatic N) is 1. The van der Waals surface area contributed by atoms with E-state index in [4.69, 9.17) is 4.55 Å². The van der Waals surface area contributed by atoms with Crippen molar-refractivity contribution >= 4 is 11.3 Å². The van der Waals surface area contributed by atoms with Crippen molar-refractivity contribution in [1.29, 1.82) is 0 Å². The predicted molar refractivity (Wildman–Crippen MR) is 42.9 cm³/mol. The fraction of sp³-hybridized carbons (Fsp3) is 1.00. The van der Waals surface area contributed by atoms with Crippen LogP contribution in [-0.2, 0) is 11.3 Å². The van der Waals surface area contributed by atoms with Gasteiger partial charge >= 0.3 is 0 Å². The van der Waals surface area contributed by atoms with Crippen LogP contribution in [0, 0.1) is 5.92 Å². The molecule has 0 amide bonds. The molecule has 0 rings (SSSR count). The molecule has 1 unspecified atom stereocenters. The third-order valence-electron chi connectivity index (χ3n) is 1.14. The average Bonchev–Trinajstić information content (AvgIpc) is 1.81. The quantitative estimate of drug-likeness (QED) is 0.634. The van der Waals surface area contributed by atoms with E-state index < -0.39 is 11.3 Å². The van der Waals surface area contributed by atoms with Crippen LogP contribution < -0.4 is 0 Å². The molecule has 0 heterocycles. The van der Waals surface area contributed by atoms with Crippen molar-refractivity contribution in [2.24, 2.45) is 5.92 Å². The zero-order valence-corrected chi connectivity index (χ0v) is 7.52. The molecule has 0 fully saturated rings. The zero-order chi connectivity index (χ0) is 8.15. The first kappa shape index (κ1) is 10.1. The molecule has 1 N–H and O–H groups in total. The van der Waals surface area contributed by atoms with Gasteiger partial charge in [0.1, 0.15) is 0 Å². The Balaban J connectivity index is 3.72. The van der Waals surface area contributed by atoms with Crippen LogP contribution in [0.5, 0.6) is 0 Å². The molecule has 0 bridgehead atoms. The molecular formula is C6H15NO2S. The van der Waals surface area contributed by atoms with Crippen molar-refractivity contribution in [3.8, 4) is 0 Å². The molecule has 0 aromatic rings. The van der Waals surface area contributed by atoms with Crippen LogP contribution in [0.1, 0.15) is 20.8 Å². The normalized spacial score (nSPS) is 14.6. The van der Waals surface area contributed by atoms with Crippen molar-refractivity contribution in [3.05, 3.63) is 0 Å². The van der Waals surface area contributed by atoms with E-state index in [-0.39, 0.29) is 0 Å². The Morgan fingerprint density at radius 3 is 2.20 bits per heavy atom. The maximum atomic E-state index is 10.5. The van der Waals surface area contributed by atoms with Gasteiger partial charge in [0, 0.05) is 13.1 Å². The molecule has 0 aromatic carbocycles. The number of hydrogen-bond donors (Lipinski definition) is 1. The molecule has 3 nitrogen and oxygen atoms in total. The van der Waals surface area contributed by atoms with E-state index in [2.05, 4.69) is 0 Å². The molecule has 0 saturated carbocycles. The molecular weight excluding hydrogens is 150 g/mol. The first-order chi connectivity index (χ1) is 4.57. The maximum Gasteiger partial charge on any atom is 0.234 e. The Hall–Kier alpha value is 0.0700. The second-order valence-electron chi connectivity index (χ2n) is 2.61. The minimum absolute atomic E-state index is 0.441. The summed E-state index contributed by atoms with van der Waals surface area (Å²) in [7, 11) is 0. The van der Waals surface area contributed by atoms with Crippen LogP contribution in [0.4, 0.5) is 0 Å². The van der Waals surface area contributed by atoms with Crippen LogP contribution in [0.3, 0.4) is 0 Å². The minimum atomic E-state index is -1.79. The van der Waals surface area contributed by atoms with Crippen LogP contribution in [-0.4, -0.2) is 26.2 Å². The third-order valence-corrected chi connectivity index (χ3v) is 1.99. The molecule has 1 atom stereocenters. The van der Waals surface area contributed by atoms with Crippen molar-refractivity contribution in [1.82, 2.24) is 4.31 Å². The van der Waals surface area contributed by atoms with E-state index in [1.807, 2.05) is 20.8 Å². The van der Waals surface area contributed by atoms with Crippen LogP contribution in [0.25, 0.3) is 0 Å². The van der Waals surface area contributed by atoms with Crippen molar-refractivity contribution in [2.45, 2.75) is 20.8 Å². The van der Waals surface area contributed by atoms with Crippen LogP contribution >= 0.6 is 0 Å². The Kier molecular flexibility index (Phi) is 4.85. The van der Waals surface area contributed by atoms with Gasteiger partial charge in [0.2, 0.25) is 11.3 Å². The molecule has 0 aliphatic carbocycles. The van der Waals surface area contributed by atoms with Crippen LogP contribution in [0.2, 0.25) is 0 Å². The predicted octanol–water partition coefficient (Wildman–Crippen LogP) is 1.10. The summed E-state index contributed by atoms with van der Waals surface area (Å²) >= 11 is -1.79. The zero-order valence-electron chi connectivity index (χ0n) is 6.70. The van der Waals surface area contributed by atoms with E-state index in [9.17, 15) is 4.21 Å². The van der Waals surface area contributed by atoms with E-state index >= 15 is 0 Å². The first-order valence-corrected chi connectivity index (χ1v) is 4.50. The molecule has 0 saturated heterocycles. The summed E-state index contributed by atoms with van der Waals surface area (Å²) in [5.74, 6) is 0.441. The smallest absolute Gasteiger partial charge is 0.234 e. The van der Waals surface area contributed by atoms with Gasteiger partial charge in [-0.15, -0.1) is 0 Å². The summed E-state index contributed by atoms with van der Waals surface area (Å²) in [5, 5.41) is 0. The van der Waals surface area contributed by atoms with Gasteiger partial charge in [-0.05, 0) is 5.92 Å². The summed E-state index contributed by atoms with van der Waals surface area (Å²) in [5.41, 5.74) is 0. The van der Waals surface area contributed by atoms with Gasteiger partial charge < -0.3 is 0 Å². The van der Waals surface area contributed by atoms with Crippen LogP contribution in [0.15, 0.2) is 0 Å². The molecule has 0 radical (unpaired) electrons. The third kappa shape index (κ3) is 3.98. The topological polar surface area (TPSA) is 40.5 Å². The molecule has 0 aliphatic heterocycles. The lowest BCUT2D eigenvalue weighted by atomic mass is 10.2. The summed E-state index contributed by atoms with van der Waals surface area (Å²) in [6.45, 7) is 7.22.